The van der Waals surface area contributed by atoms with Crippen LogP contribution >= 0.6 is 0 Å². The molecule has 1 aromatic carbocycles. The van der Waals surface area contributed by atoms with Gasteiger partial charge in [0.1, 0.15) is 0 Å². The second-order valence-corrected chi connectivity index (χ2v) is 5.10. The first-order valence-electron chi connectivity index (χ1n) is 7.49. The van der Waals surface area contributed by atoms with Gasteiger partial charge in [-0.2, -0.15) is 0 Å². The molecular weight excluding hydrogens is 216 g/mol. The maximum absolute atomic E-state index is 3.65. The fourth-order valence-corrected chi connectivity index (χ4v) is 2.25. The molecule has 0 atom stereocenters. The van der Waals surface area contributed by atoms with E-state index in [1.165, 1.54) is 63.4 Å². The summed E-state index contributed by atoms with van der Waals surface area (Å²) in [6, 6.07) is 8.61. The van der Waals surface area contributed by atoms with Gasteiger partial charge in [0.25, 0.3) is 0 Å². The smallest absolute Gasteiger partial charge is 0.0183 e. The molecule has 0 aromatic heterocycles. The van der Waals surface area contributed by atoms with Crippen molar-refractivity contribution in [1.29, 1.82) is 0 Å². The van der Waals surface area contributed by atoms with Gasteiger partial charge in [0.2, 0.25) is 0 Å². The van der Waals surface area contributed by atoms with Gasteiger partial charge in [-0.1, -0.05) is 82.7 Å². The van der Waals surface area contributed by atoms with Crippen LogP contribution in [0, 0.1) is 6.08 Å². The van der Waals surface area contributed by atoms with Crippen LogP contribution in [0.4, 0.5) is 0 Å². The fourth-order valence-electron chi connectivity index (χ4n) is 2.25. The van der Waals surface area contributed by atoms with E-state index in [4.69, 9.17) is 0 Å². The molecule has 0 heteroatoms. The summed E-state index contributed by atoms with van der Waals surface area (Å²) in [7, 11) is 0. The number of unbranched alkanes of at least 4 members (excludes halogenated alkanes) is 7. The van der Waals surface area contributed by atoms with Gasteiger partial charge in [-0.05, 0) is 30.0 Å². The molecule has 0 aliphatic carbocycles. The van der Waals surface area contributed by atoms with E-state index in [0.29, 0.717) is 0 Å². The highest BCUT2D eigenvalue weighted by Gasteiger charge is 1.95. The Labute approximate surface area is 113 Å². The van der Waals surface area contributed by atoms with Crippen molar-refractivity contribution < 1.29 is 0 Å². The van der Waals surface area contributed by atoms with Crippen molar-refractivity contribution in [3.63, 3.8) is 0 Å². The van der Waals surface area contributed by atoms with E-state index in [2.05, 4.69) is 43.8 Å². The highest BCUT2D eigenvalue weighted by molar-refractivity contribution is 5.26. The number of rotatable bonds is 10. The minimum Gasteiger partial charge on any atom is -0.0906 e. The summed E-state index contributed by atoms with van der Waals surface area (Å²) in [5.74, 6) is 0. The predicted octanol–water partition coefficient (Wildman–Crippen LogP) is 5.71. The van der Waals surface area contributed by atoms with E-state index in [1.54, 1.807) is 0 Å². The van der Waals surface area contributed by atoms with Crippen molar-refractivity contribution in [3.05, 3.63) is 48.0 Å². The number of benzene rings is 1. The van der Waals surface area contributed by atoms with Gasteiger partial charge in [-0.25, -0.2) is 0 Å². The van der Waals surface area contributed by atoms with Crippen LogP contribution in [0.5, 0.6) is 0 Å². The largest absolute Gasteiger partial charge is 0.0906 e. The lowest BCUT2D eigenvalue weighted by Crippen LogP contribution is -1.87. The lowest BCUT2D eigenvalue weighted by molar-refractivity contribution is 0.575. The van der Waals surface area contributed by atoms with E-state index in [1.807, 2.05) is 0 Å². The van der Waals surface area contributed by atoms with Gasteiger partial charge < -0.3 is 0 Å². The van der Waals surface area contributed by atoms with Gasteiger partial charge in [0.15, 0.2) is 0 Å². The Balaban J connectivity index is 2.01. The van der Waals surface area contributed by atoms with Crippen LogP contribution in [0.3, 0.4) is 0 Å². The standard InChI is InChI=1S/C18H27/c1-3-5-6-7-8-9-10-11-12-18-15-13-17(4-2)14-16-18/h13-16H,2-3,5-12H2,1H3. The first-order chi connectivity index (χ1) is 8.86. The summed E-state index contributed by atoms with van der Waals surface area (Å²) in [6.07, 6.45) is 15.3. The summed E-state index contributed by atoms with van der Waals surface area (Å²) in [4.78, 5) is 0. The molecule has 0 amide bonds. The highest BCUT2D eigenvalue weighted by Crippen LogP contribution is 2.12. The predicted molar refractivity (Wildman–Crippen MR) is 80.7 cm³/mol. The third kappa shape index (κ3) is 6.64. The van der Waals surface area contributed by atoms with E-state index >= 15 is 0 Å². The number of hydrogen-bond acceptors (Lipinski definition) is 0. The fraction of sp³-hybridized carbons (Fsp3) is 0.556. The number of hydrogen-bond donors (Lipinski definition) is 0. The summed E-state index contributed by atoms with van der Waals surface area (Å²) < 4.78 is 0. The maximum atomic E-state index is 3.65. The van der Waals surface area contributed by atoms with Gasteiger partial charge >= 0.3 is 0 Å². The molecule has 0 fully saturated rings. The summed E-state index contributed by atoms with van der Waals surface area (Å²) in [5, 5.41) is 0. The van der Waals surface area contributed by atoms with E-state index in [9.17, 15) is 0 Å². The molecule has 1 aromatic rings. The molecular formula is C18H27. The second kappa shape index (κ2) is 9.94. The molecule has 0 aliphatic rings. The maximum Gasteiger partial charge on any atom is -0.0183 e. The Morgan fingerprint density at radius 2 is 1.39 bits per heavy atom. The zero-order chi connectivity index (χ0) is 13.1. The Morgan fingerprint density at radius 1 is 0.833 bits per heavy atom. The molecule has 99 valence electrons. The molecule has 0 spiro atoms. The van der Waals surface area contributed by atoms with Crippen LogP contribution in [0.25, 0.3) is 0 Å². The molecule has 0 bridgehead atoms. The Hall–Kier alpha value is -1.04. The molecule has 0 aliphatic heterocycles. The topological polar surface area (TPSA) is 0 Å². The van der Waals surface area contributed by atoms with E-state index in [0.717, 1.165) is 5.56 Å². The van der Waals surface area contributed by atoms with Crippen molar-refractivity contribution in [2.24, 2.45) is 0 Å². The average molecular weight is 243 g/mol. The molecule has 0 saturated carbocycles. The molecule has 0 N–H and O–H groups in total. The van der Waals surface area contributed by atoms with E-state index in [-0.39, 0.29) is 0 Å². The Morgan fingerprint density at radius 3 is 1.94 bits per heavy atom. The normalized spacial score (nSPS) is 10.5. The first kappa shape index (κ1) is 15.0. The van der Waals surface area contributed by atoms with Crippen LogP contribution in [0.2, 0.25) is 0 Å². The lowest BCUT2D eigenvalue weighted by Gasteiger charge is -2.03. The second-order valence-electron chi connectivity index (χ2n) is 5.10. The van der Waals surface area contributed by atoms with Crippen LogP contribution in [0.15, 0.2) is 30.8 Å². The van der Waals surface area contributed by atoms with Crippen LogP contribution in [0.1, 0.15) is 69.4 Å². The number of aryl methyl sites for hydroxylation is 1. The van der Waals surface area contributed by atoms with Gasteiger partial charge in [0, 0.05) is 0 Å². The molecule has 0 nitrogen and oxygen atoms in total. The lowest BCUT2D eigenvalue weighted by atomic mass is 10.0. The minimum absolute atomic E-state index is 1.09. The van der Waals surface area contributed by atoms with Crippen molar-refractivity contribution >= 4 is 0 Å². The minimum atomic E-state index is 1.09. The van der Waals surface area contributed by atoms with Gasteiger partial charge in [-0.3, -0.25) is 0 Å². The zero-order valence-electron chi connectivity index (χ0n) is 11.9. The quantitative estimate of drug-likeness (QED) is 0.462. The average Bonchev–Trinajstić information content (AvgIpc) is 2.42. The van der Waals surface area contributed by atoms with Crippen LogP contribution in [-0.4, -0.2) is 0 Å². The highest BCUT2D eigenvalue weighted by atomic mass is 14.0. The summed E-state index contributed by atoms with van der Waals surface area (Å²) in [5.41, 5.74) is 2.54. The molecule has 0 heterocycles. The molecule has 0 unspecified atom stereocenters. The van der Waals surface area contributed by atoms with Gasteiger partial charge in [0.05, 0.1) is 0 Å². The molecule has 0 saturated heterocycles. The van der Waals surface area contributed by atoms with Crippen molar-refractivity contribution in [2.75, 3.05) is 0 Å². The zero-order valence-corrected chi connectivity index (χ0v) is 11.9. The first-order valence-corrected chi connectivity index (χ1v) is 7.49. The van der Waals surface area contributed by atoms with Crippen LogP contribution in [-0.2, 0) is 6.42 Å². The monoisotopic (exact) mass is 243 g/mol. The van der Waals surface area contributed by atoms with Crippen LogP contribution < -0.4 is 0 Å². The molecule has 1 rings (SSSR count). The van der Waals surface area contributed by atoms with Gasteiger partial charge in [-0.15, -0.1) is 0 Å². The Kier molecular flexibility index (Phi) is 8.29. The third-order valence-corrected chi connectivity index (χ3v) is 3.48. The summed E-state index contributed by atoms with van der Waals surface area (Å²) >= 11 is 0. The van der Waals surface area contributed by atoms with Crippen molar-refractivity contribution in [1.82, 2.24) is 0 Å². The third-order valence-electron chi connectivity index (χ3n) is 3.48. The molecule has 18 heavy (non-hydrogen) atoms. The summed E-state index contributed by atoms with van der Waals surface area (Å²) in [6.45, 7) is 5.93. The van der Waals surface area contributed by atoms with Crippen molar-refractivity contribution in [3.8, 4) is 0 Å². The SMILES string of the molecule is C=[C]c1ccc(CCCCCCCCCC)cc1. The Bertz CT molecular complexity index is 307. The molecule has 1 radical (unpaired) electrons. The van der Waals surface area contributed by atoms with Crippen molar-refractivity contribution in [2.45, 2.75) is 64.7 Å². The van der Waals surface area contributed by atoms with E-state index < -0.39 is 0 Å².